The molecule has 12 heteroatoms. The van der Waals surface area contributed by atoms with E-state index < -0.39 is 19.7 Å². The monoisotopic (exact) mass is 586 g/mol. The normalized spacial score (nSPS) is 12.7. The van der Waals surface area contributed by atoms with Crippen LogP contribution < -0.4 is 10.1 Å². The van der Waals surface area contributed by atoms with Crippen molar-refractivity contribution in [1.82, 2.24) is 24.4 Å². The first-order chi connectivity index (χ1) is 19.2. The minimum Gasteiger partial charge on any atom is -0.434 e. The lowest BCUT2D eigenvalue weighted by Crippen LogP contribution is -2.34. The lowest BCUT2D eigenvalue weighted by atomic mass is 10.1. The van der Waals surface area contributed by atoms with E-state index in [4.69, 9.17) is 4.74 Å². The van der Waals surface area contributed by atoms with Crippen LogP contribution in [0.15, 0.2) is 53.9 Å². The highest BCUT2D eigenvalue weighted by molar-refractivity contribution is 8.29. The quantitative estimate of drug-likeness (QED) is 0.162. The summed E-state index contributed by atoms with van der Waals surface area (Å²) < 4.78 is 34.9. The van der Waals surface area contributed by atoms with Crippen molar-refractivity contribution in [3.63, 3.8) is 0 Å². The fourth-order valence-corrected chi connectivity index (χ4v) is 14.8. The first-order valence-corrected chi connectivity index (χ1v) is 17.7. The second kappa shape index (κ2) is 12.9. The summed E-state index contributed by atoms with van der Waals surface area (Å²) in [6.07, 6.45) is 9.69. The third kappa shape index (κ3) is 6.38. The molecule has 1 unspecified atom stereocenters. The molecule has 4 rings (SSSR count). The number of amides is 1. The van der Waals surface area contributed by atoms with Gasteiger partial charge in [0.1, 0.15) is 24.2 Å². The molecule has 1 N–H and O–H groups in total. The molecule has 1 aromatic carbocycles. The number of ether oxygens (including phenoxy) is 1. The molecular formula is C28H36F2N6O2SSi. The van der Waals surface area contributed by atoms with E-state index in [-0.39, 0.29) is 11.3 Å². The number of hydrogen-bond acceptors (Lipinski definition) is 6. The van der Waals surface area contributed by atoms with E-state index in [2.05, 4.69) is 48.2 Å². The van der Waals surface area contributed by atoms with Gasteiger partial charge in [0.15, 0.2) is 5.65 Å². The number of carbonyl (C=O) groups is 1. The first kappa shape index (κ1) is 29.7. The topological polar surface area (TPSA) is 86.3 Å². The van der Waals surface area contributed by atoms with Crippen molar-refractivity contribution in [2.75, 3.05) is 5.32 Å². The summed E-state index contributed by atoms with van der Waals surface area (Å²) in [6, 6.07) is 9.43. The van der Waals surface area contributed by atoms with Crippen LogP contribution in [0.1, 0.15) is 57.3 Å². The summed E-state index contributed by atoms with van der Waals surface area (Å²) in [7, 11) is -0.0800. The summed E-state index contributed by atoms with van der Waals surface area (Å²) in [6.45, 7) is 6.05. The van der Waals surface area contributed by atoms with Gasteiger partial charge in [-0.25, -0.2) is 9.50 Å². The van der Waals surface area contributed by atoms with Crippen LogP contribution in [-0.2, 0) is 7.05 Å². The Bertz CT molecular complexity index is 1450. The number of carbonyl (C=O) groups excluding carboxylic acids is 1. The highest BCUT2D eigenvalue weighted by Gasteiger charge is 2.38. The number of benzene rings is 1. The zero-order valence-corrected chi connectivity index (χ0v) is 25.3. The predicted molar refractivity (Wildman–Crippen MR) is 158 cm³/mol. The Morgan fingerprint density at radius 2 is 1.95 bits per heavy atom. The van der Waals surface area contributed by atoms with Crippen LogP contribution in [0.5, 0.6) is 5.75 Å². The highest BCUT2D eigenvalue weighted by Crippen LogP contribution is 2.48. The van der Waals surface area contributed by atoms with Crippen LogP contribution in [0.2, 0.25) is 17.6 Å². The van der Waals surface area contributed by atoms with Crippen LogP contribution >= 0.6 is 11.2 Å². The number of aryl methyl sites for hydroxylation is 1. The number of anilines is 1. The summed E-state index contributed by atoms with van der Waals surface area (Å²) in [5.74, 6) is -0.424. The van der Waals surface area contributed by atoms with Gasteiger partial charge < -0.3 is 10.1 Å². The Hall–Kier alpha value is -3.25. The van der Waals surface area contributed by atoms with Crippen molar-refractivity contribution in [2.24, 2.45) is 7.05 Å². The number of halogens is 2. The molecule has 0 saturated carbocycles. The van der Waals surface area contributed by atoms with E-state index in [1.807, 2.05) is 23.3 Å². The molecule has 40 heavy (non-hydrogen) atoms. The molecule has 0 spiro atoms. The van der Waals surface area contributed by atoms with Crippen LogP contribution in [0, 0.1) is 0 Å². The van der Waals surface area contributed by atoms with Crippen molar-refractivity contribution in [3.8, 4) is 17.0 Å². The van der Waals surface area contributed by atoms with Gasteiger partial charge in [0.25, 0.3) is 5.91 Å². The average molecular weight is 587 g/mol. The van der Waals surface area contributed by atoms with Crippen molar-refractivity contribution in [3.05, 3.63) is 54.6 Å². The summed E-state index contributed by atoms with van der Waals surface area (Å²) in [4.78, 5) is 18.5. The van der Waals surface area contributed by atoms with Crippen LogP contribution in [0.3, 0.4) is 0 Å². The number of hydrogen-bond donors (Lipinski definition) is 1. The van der Waals surface area contributed by atoms with Gasteiger partial charge in [-0.05, 0) is 41.9 Å². The van der Waals surface area contributed by atoms with E-state index >= 15 is 0 Å². The molecule has 0 aliphatic carbocycles. The molecule has 0 radical (unpaired) electrons. The Morgan fingerprint density at radius 3 is 2.62 bits per heavy atom. The lowest BCUT2D eigenvalue weighted by molar-refractivity contribution is -0.0494. The zero-order valence-electron chi connectivity index (χ0n) is 23.5. The van der Waals surface area contributed by atoms with Gasteiger partial charge in [-0.3, -0.25) is 9.48 Å². The molecule has 214 valence electrons. The van der Waals surface area contributed by atoms with Crippen molar-refractivity contribution >= 4 is 35.7 Å². The van der Waals surface area contributed by atoms with E-state index in [1.54, 1.807) is 37.8 Å². The number of rotatable bonds is 13. The summed E-state index contributed by atoms with van der Waals surface area (Å²) in [5, 5.41) is 11.6. The smallest absolute Gasteiger partial charge is 0.387 e. The van der Waals surface area contributed by atoms with Gasteiger partial charge >= 0.3 is 6.61 Å². The third-order valence-electron chi connectivity index (χ3n) is 7.20. The second-order valence-corrected chi connectivity index (χ2v) is 17.8. The highest BCUT2D eigenvalue weighted by atomic mass is 32.4. The van der Waals surface area contributed by atoms with Crippen molar-refractivity contribution in [2.45, 2.75) is 76.1 Å². The maximum Gasteiger partial charge on any atom is 0.387 e. The molecule has 1 atom stereocenters. The second-order valence-electron chi connectivity index (χ2n) is 9.98. The van der Waals surface area contributed by atoms with Crippen molar-refractivity contribution < 1.29 is 18.3 Å². The molecule has 4 aromatic rings. The molecule has 3 heterocycles. The van der Waals surface area contributed by atoms with Gasteiger partial charge in [-0.1, -0.05) is 47.0 Å². The fourth-order valence-electron chi connectivity index (χ4n) is 5.19. The Morgan fingerprint density at radius 1 is 1.20 bits per heavy atom. The maximum atomic E-state index is 13.5. The number of nitrogens with one attached hydrogen (secondary N) is 1. The number of aromatic nitrogens is 5. The molecule has 3 aromatic heterocycles. The van der Waals surface area contributed by atoms with E-state index in [0.29, 0.717) is 28.1 Å². The molecule has 0 saturated heterocycles. The fraction of sp³-hybridized carbons (Fsp3) is 0.429. The molecule has 0 fully saturated rings. The molecule has 0 bridgehead atoms. The molecule has 1 amide bonds. The Kier molecular flexibility index (Phi) is 9.62. The van der Waals surface area contributed by atoms with Gasteiger partial charge in [0.2, 0.25) is 0 Å². The predicted octanol–water partition coefficient (Wildman–Crippen LogP) is 7.64. The average Bonchev–Trinajstić information content (AvgIpc) is 3.52. The Balaban J connectivity index is 1.75. The van der Waals surface area contributed by atoms with E-state index in [1.165, 1.54) is 27.5 Å². The summed E-state index contributed by atoms with van der Waals surface area (Å²) >= 11 is 1.94. The number of fused-ring (bicyclic) bond motifs is 1. The van der Waals surface area contributed by atoms with Gasteiger partial charge in [-0.15, -0.1) is 0 Å². The van der Waals surface area contributed by atoms with Gasteiger partial charge in [0, 0.05) is 36.1 Å². The molecule has 8 nitrogen and oxygen atoms in total. The van der Waals surface area contributed by atoms with Crippen LogP contribution in [0.25, 0.3) is 16.9 Å². The van der Waals surface area contributed by atoms with Crippen molar-refractivity contribution in [1.29, 1.82) is 0 Å². The van der Waals surface area contributed by atoms with Crippen LogP contribution in [0.4, 0.5) is 14.5 Å². The molecular weight excluding hydrogens is 550 g/mol. The SMILES string of the molecule is CCC[Si](CCC)(Sc1ccc(OC(F)F)c(-c2nn(C)cc2NC(=O)c2cnn3cccnc23)c1)C(C)CC. The van der Waals surface area contributed by atoms with Gasteiger partial charge in [0.05, 0.1) is 11.9 Å². The minimum absolute atomic E-state index is 0.00740. The number of alkyl halides is 2. The molecule has 0 aliphatic rings. The standard InChI is InChI=1S/C28H36F2N6O2SSi/c1-6-14-40(15-7-2,19(4)8-3)39-20-10-11-24(38-28(29)30)21(16-20)25-23(18-35(5)34-25)33-27(37)22-17-32-36-13-9-12-31-26(22)36/h9-13,16-19,28H,6-8,14-15H2,1-5H3,(H,33,37). The first-order valence-electron chi connectivity index (χ1n) is 13.6. The van der Waals surface area contributed by atoms with Gasteiger partial charge in [-0.2, -0.15) is 30.2 Å². The molecule has 0 aliphatic heterocycles. The minimum atomic E-state index is -3.00. The lowest BCUT2D eigenvalue weighted by Gasteiger charge is -2.36. The van der Waals surface area contributed by atoms with E-state index in [0.717, 1.165) is 24.2 Å². The van der Waals surface area contributed by atoms with Crippen LogP contribution in [-0.4, -0.2) is 44.1 Å². The largest absolute Gasteiger partial charge is 0.434 e. The zero-order chi connectivity index (χ0) is 28.9. The third-order valence-corrected chi connectivity index (χ3v) is 17.4. The maximum absolute atomic E-state index is 13.5. The number of nitrogens with zero attached hydrogens (tertiary/aromatic N) is 5. The summed E-state index contributed by atoms with van der Waals surface area (Å²) in [5.41, 5.74) is 2.41. The van der Waals surface area contributed by atoms with E-state index in [9.17, 15) is 13.6 Å². The Labute approximate surface area is 238 Å².